The molecular formula is C16H21BrN2O. The van der Waals surface area contributed by atoms with Gasteiger partial charge in [-0.1, -0.05) is 35.0 Å². The number of halogens is 1. The normalized spacial score (nSPS) is 26.6. The van der Waals surface area contributed by atoms with Crippen LogP contribution >= 0.6 is 15.9 Å². The van der Waals surface area contributed by atoms with Gasteiger partial charge in [0.05, 0.1) is 0 Å². The van der Waals surface area contributed by atoms with E-state index in [1.165, 1.54) is 5.56 Å². The molecule has 108 valence electrons. The standard InChI is InChI=1S/C16H21BrN2O/c1-11(12-2-4-14(17)5-3-12)8-16(20)19-7-6-13-9-18-10-15(13)19/h2-5,11,13,15,18H,6-10H2,1H3/t11?,13-,15+/m0/s1. The van der Waals surface area contributed by atoms with Crippen LogP contribution in [-0.4, -0.2) is 36.5 Å². The first-order valence-electron chi connectivity index (χ1n) is 7.41. The van der Waals surface area contributed by atoms with Crippen molar-refractivity contribution in [1.82, 2.24) is 10.2 Å². The first-order chi connectivity index (χ1) is 9.65. The quantitative estimate of drug-likeness (QED) is 0.920. The van der Waals surface area contributed by atoms with Gasteiger partial charge in [0.15, 0.2) is 0 Å². The minimum absolute atomic E-state index is 0.281. The van der Waals surface area contributed by atoms with Gasteiger partial charge in [0, 0.05) is 36.6 Å². The molecule has 0 aliphatic carbocycles. The van der Waals surface area contributed by atoms with E-state index in [1.54, 1.807) is 0 Å². The molecule has 1 unspecified atom stereocenters. The van der Waals surface area contributed by atoms with E-state index < -0.39 is 0 Å². The van der Waals surface area contributed by atoms with Gasteiger partial charge in [0.25, 0.3) is 0 Å². The lowest BCUT2D eigenvalue weighted by Gasteiger charge is -2.25. The highest BCUT2D eigenvalue weighted by molar-refractivity contribution is 9.10. The Balaban J connectivity index is 1.62. The van der Waals surface area contributed by atoms with Crippen LogP contribution in [0, 0.1) is 5.92 Å². The third kappa shape index (κ3) is 2.77. The van der Waals surface area contributed by atoms with Crippen molar-refractivity contribution in [3.05, 3.63) is 34.3 Å². The molecule has 0 aromatic heterocycles. The van der Waals surface area contributed by atoms with Crippen molar-refractivity contribution in [3.63, 3.8) is 0 Å². The maximum atomic E-state index is 12.5. The molecule has 2 fully saturated rings. The Morgan fingerprint density at radius 2 is 2.15 bits per heavy atom. The Morgan fingerprint density at radius 1 is 1.40 bits per heavy atom. The molecule has 2 aliphatic heterocycles. The fourth-order valence-corrected chi connectivity index (χ4v) is 3.71. The predicted octanol–water partition coefficient (Wildman–Crippen LogP) is 2.76. The summed E-state index contributed by atoms with van der Waals surface area (Å²) in [6, 6.07) is 8.74. The van der Waals surface area contributed by atoms with Gasteiger partial charge in [0.1, 0.15) is 0 Å². The van der Waals surface area contributed by atoms with E-state index in [9.17, 15) is 4.79 Å². The van der Waals surface area contributed by atoms with Gasteiger partial charge in [-0.3, -0.25) is 4.79 Å². The fourth-order valence-electron chi connectivity index (χ4n) is 3.45. The van der Waals surface area contributed by atoms with Crippen LogP contribution in [0.5, 0.6) is 0 Å². The molecule has 20 heavy (non-hydrogen) atoms. The van der Waals surface area contributed by atoms with E-state index in [0.717, 1.165) is 30.5 Å². The van der Waals surface area contributed by atoms with Crippen LogP contribution in [0.4, 0.5) is 0 Å². The molecule has 0 radical (unpaired) electrons. The van der Waals surface area contributed by atoms with E-state index >= 15 is 0 Å². The first kappa shape index (κ1) is 14.1. The van der Waals surface area contributed by atoms with Crippen LogP contribution in [0.25, 0.3) is 0 Å². The summed E-state index contributed by atoms with van der Waals surface area (Å²) >= 11 is 3.45. The zero-order valence-corrected chi connectivity index (χ0v) is 13.4. The second kappa shape index (κ2) is 5.86. The van der Waals surface area contributed by atoms with Gasteiger partial charge < -0.3 is 10.2 Å². The van der Waals surface area contributed by atoms with Gasteiger partial charge in [0.2, 0.25) is 5.91 Å². The number of amides is 1. The van der Waals surface area contributed by atoms with Gasteiger partial charge in [-0.2, -0.15) is 0 Å². The molecule has 0 spiro atoms. The molecule has 3 rings (SSSR count). The molecule has 4 heteroatoms. The minimum Gasteiger partial charge on any atom is -0.338 e. The van der Waals surface area contributed by atoms with Gasteiger partial charge in [-0.25, -0.2) is 0 Å². The zero-order chi connectivity index (χ0) is 14.1. The molecule has 3 atom stereocenters. The Bertz CT molecular complexity index is 488. The van der Waals surface area contributed by atoms with Crippen molar-refractivity contribution >= 4 is 21.8 Å². The highest BCUT2D eigenvalue weighted by atomic mass is 79.9. The summed E-state index contributed by atoms with van der Waals surface area (Å²) in [6.07, 6.45) is 1.78. The molecule has 2 heterocycles. The lowest BCUT2D eigenvalue weighted by molar-refractivity contribution is -0.132. The lowest BCUT2D eigenvalue weighted by Crippen LogP contribution is -2.39. The molecule has 3 nitrogen and oxygen atoms in total. The summed E-state index contributed by atoms with van der Waals surface area (Å²) in [6.45, 7) is 5.14. The van der Waals surface area contributed by atoms with E-state index in [-0.39, 0.29) is 5.92 Å². The summed E-state index contributed by atoms with van der Waals surface area (Å²) in [5.74, 6) is 1.28. The van der Waals surface area contributed by atoms with Crippen LogP contribution in [-0.2, 0) is 4.79 Å². The summed E-state index contributed by atoms with van der Waals surface area (Å²) in [5, 5.41) is 3.40. The number of nitrogens with zero attached hydrogens (tertiary/aromatic N) is 1. The summed E-state index contributed by atoms with van der Waals surface area (Å²) < 4.78 is 1.08. The molecule has 2 aliphatic rings. The highest BCUT2D eigenvalue weighted by Gasteiger charge is 2.39. The first-order valence-corrected chi connectivity index (χ1v) is 8.20. The summed E-state index contributed by atoms with van der Waals surface area (Å²) in [7, 11) is 0. The molecule has 0 bridgehead atoms. The lowest BCUT2D eigenvalue weighted by atomic mass is 9.97. The van der Waals surface area contributed by atoms with Crippen LogP contribution in [0.3, 0.4) is 0 Å². The molecule has 1 N–H and O–H groups in total. The third-order valence-electron chi connectivity index (χ3n) is 4.69. The van der Waals surface area contributed by atoms with Gasteiger partial charge in [-0.05, 0) is 36.0 Å². The molecular weight excluding hydrogens is 316 g/mol. The van der Waals surface area contributed by atoms with Gasteiger partial charge >= 0.3 is 0 Å². The Labute approximate surface area is 128 Å². The molecule has 1 aromatic rings. The highest BCUT2D eigenvalue weighted by Crippen LogP contribution is 2.29. The zero-order valence-electron chi connectivity index (χ0n) is 11.8. The number of rotatable bonds is 3. The van der Waals surface area contributed by atoms with E-state index in [1.807, 2.05) is 12.1 Å². The number of hydrogen-bond acceptors (Lipinski definition) is 2. The fraction of sp³-hybridized carbons (Fsp3) is 0.562. The number of carbonyl (C=O) groups is 1. The summed E-state index contributed by atoms with van der Waals surface area (Å²) in [5.41, 5.74) is 1.24. The smallest absolute Gasteiger partial charge is 0.223 e. The Hall–Kier alpha value is -0.870. The van der Waals surface area contributed by atoms with Crippen LogP contribution in [0.1, 0.15) is 31.2 Å². The van der Waals surface area contributed by atoms with E-state index in [4.69, 9.17) is 0 Å². The monoisotopic (exact) mass is 336 g/mol. The number of hydrogen-bond donors (Lipinski definition) is 1. The number of likely N-dealkylation sites (tertiary alicyclic amines) is 1. The Morgan fingerprint density at radius 3 is 2.90 bits per heavy atom. The number of nitrogens with one attached hydrogen (secondary N) is 1. The van der Waals surface area contributed by atoms with Crippen molar-refractivity contribution in [1.29, 1.82) is 0 Å². The largest absolute Gasteiger partial charge is 0.338 e. The van der Waals surface area contributed by atoms with E-state index in [2.05, 4.69) is 45.2 Å². The molecule has 1 amide bonds. The van der Waals surface area contributed by atoms with Crippen molar-refractivity contribution in [3.8, 4) is 0 Å². The maximum absolute atomic E-state index is 12.5. The van der Waals surface area contributed by atoms with Gasteiger partial charge in [-0.15, -0.1) is 0 Å². The number of fused-ring (bicyclic) bond motifs is 1. The minimum atomic E-state index is 0.281. The van der Waals surface area contributed by atoms with Crippen LogP contribution in [0.2, 0.25) is 0 Å². The summed E-state index contributed by atoms with van der Waals surface area (Å²) in [4.78, 5) is 14.6. The van der Waals surface area contributed by atoms with Crippen molar-refractivity contribution in [2.45, 2.75) is 31.7 Å². The average Bonchev–Trinajstić information content (AvgIpc) is 3.01. The second-order valence-electron chi connectivity index (χ2n) is 6.02. The second-order valence-corrected chi connectivity index (χ2v) is 6.93. The predicted molar refractivity (Wildman–Crippen MR) is 83.7 cm³/mol. The van der Waals surface area contributed by atoms with Crippen molar-refractivity contribution in [2.75, 3.05) is 19.6 Å². The van der Waals surface area contributed by atoms with Crippen LogP contribution < -0.4 is 5.32 Å². The molecule has 0 saturated carbocycles. The average molecular weight is 337 g/mol. The van der Waals surface area contributed by atoms with Crippen molar-refractivity contribution < 1.29 is 4.79 Å². The third-order valence-corrected chi connectivity index (χ3v) is 5.21. The number of benzene rings is 1. The SMILES string of the molecule is CC(CC(=O)N1CC[C@H]2CNC[C@H]21)c1ccc(Br)cc1. The van der Waals surface area contributed by atoms with E-state index in [0.29, 0.717) is 24.3 Å². The maximum Gasteiger partial charge on any atom is 0.223 e. The topological polar surface area (TPSA) is 32.3 Å². The van der Waals surface area contributed by atoms with Crippen molar-refractivity contribution in [2.24, 2.45) is 5.92 Å². The molecule has 1 aromatic carbocycles. The van der Waals surface area contributed by atoms with Crippen LogP contribution in [0.15, 0.2) is 28.7 Å². The number of carbonyl (C=O) groups excluding carboxylic acids is 1. The molecule has 2 saturated heterocycles. The Kier molecular flexibility index (Phi) is 4.13.